The van der Waals surface area contributed by atoms with Gasteiger partial charge in [0.05, 0.1) is 18.7 Å². The Morgan fingerprint density at radius 2 is 1.75 bits per heavy atom. The van der Waals surface area contributed by atoms with Crippen molar-refractivity contribution < 1.29 is 4.74 Å². The number of tetrazole rings is 1. The van der Waals surface area contributed by atoms with Crippen LogP contribution in [0.1, 0.15) is 63.0 Å². The largest absolute Gasteiger partial charge is 0.494 e. The van der Waals surface area contributed by atoms with Crippen molar-refractivity contribution in [2.45, 2.75) is 51.6 Å². The zero-order chi connectivity index (χ0) is 19.3. The van der Waals surface area contributed by atoms with Crippen molar-refractivity contribution in [2.75, 3.05) is 39.3 Å². The molecule has 2 aliphatic rings. The number of hydrogen-bond donors (Lipinski definition) is 0. The summed E-state index contributed by atoms with van der Waals surface area (Å²) in [6.45, 7) is 10.3. The van der Waals surface area contributed by atoms with Gasteiger partial charge in [-0.05, 0) is 54.4 Å². The number of likely N-dealkylation sites (N-methyl/N-ethyl adjacent to an activating group) is 1. The number of benzene rings is 1. The molecule has 1 unspecified atom stereocenters. The molecule has 4 rings (SSSR count). The fourth-order valence-corrected chi connectivity index (χ4v) is 4.56. The molecule has 152 valence electrons. The first-order valence-corrected chi connectivity index (χ1v) is 10.8. The Morgan fingerprint density at radius 1 is 1.04 bits per heavy atom. The summed E-state index contributed by atoms with van der Waals surface area (Å²) in [6, 6.07) is 9.01. The molecule has 1 aliphatic heterocycles. The van der Waals surface area contributed by atoms with Gasteiger partial charge in [0, 0.05) is 26.2 Å². The van der Waals surface area contributed by atoms with E-state index in [1.807, 2.05) is 6.92 Å². The average molecular weight is 385 g/mol. The summed E-state index contributed by atoms with van der Waals surface area (Å²) in [5.41, 5.74) is 1.24. The first kappa shape index (κ1) is 19.3. The summed E-state index contributed by atoms with van der Waals surface area (Å²) in [5.74, 6) is 1.90. The first-order valence-electron chi connectivity index (χ1n) is 10.8. The van der Waals surface area contributed by atoms with Gasteiger partial charge >= 0.3 is 0 Å². The molecule has 2 aromatic rings. The van der Waals surface area contributed by atoms with E-state index in [0.29, 0.717) is 12.6 Å². The van der Waals surface area contributed by atoms with Crippen molar-refractivity contribution >= 4 is 0 Å². The minimum atomic E-state index is 0.0882. The van der Waals surface area contributed by atoms with Crippen LogP contribution in [0.2, 0.25) is 0 Å². The summed E-state index contributed by atoms with van der Waals surface area (Å²) in [4.78, 5) is 5.05. The van der Waals surface area contributed by atoms with Crippen molar-refractivity contribution in [1.82, 2.24) is 30.0 Å². The van der Waals surface area contributed by atoms with Crippen LogP contribution in [-0.2, 0) is 0 Å². The van der Waals surface area contributed by atoms with E-state index in [4.69, 9.17) is 4.74 Å². The first-order chi connectivity index (χ1) is 13.8. The predicted molar refractivity (Wildman–Crippen MR) is 108 cm³/mol. The Morgan fingerprint density at radius 3 is 2.39 bits per heavy atom. The second kappa shape index (κ2) is 9.01. The average Bonchev–Trinajstić information content (AvgIpc) is 3.42. The van der Waals surface area contributed by atoms with E-state index >= 15 is 0 Å². The fraction of sp³-hybridized carbons (Fsp3) is 0.667. The molecule has 0 amide bonds. The van der Waals surface area contributed by atoms with Gasteiger partial charge in [-0.15, -0.1) is 5.10 Å². The molecule has 0 N–H and O–H groups in total. The lowest BCUT2D eigenvalue weighted by Gasteiger charge is -2.38. The Kier molecular flexibility index (Phi) is 6.22. The summed E-state index contributed by atoms with van der Waals surface area (Å²) in [5, 5.41) is 13.0. The Hall–Kier alpha value is -1.99. The third-order valence-corrected chi connectivity index (χ3v) is 6.16. The number of aromatic nitrogens is 4. The molecule has 0 bridgehead atoms. The van der Waals surface area contributed by atoms with Crippen LogP contribution in [0, 0.1) is 0 Å². The van der Waals surface area contributed by atoms with Gasteiger partial charge in [-0.2, -0.15) is 0 Å². The summed E-state index contributed by atoms with van der Waals surface area (Å²) >= 11 is 0. The van der Waals surface area contributed by atoms with E-state index < -0.39 is 0 Å². The predicted octanol–water partition coefficient (Wildman–Crippen LogP) is 2.91. The van der Waals surface area contributed by atoms with Gasteiger partial charge in [0.2, 0.25) is 0 Å². The number of ether oxygens (including phenoxy) is 1. The fourth-order valence-electron chi connectivity index (χ4n) is 4.56. The topological polar surface area (TPSA) is 59.3 Å². The highest BCUT2D eigenvalue weighted by atomic mass is 16.5. The second-order valence-corrected chi connectivity index (χ2v) is 7.79. The smallest absolute Gasteiger partial charge is 0.173 e. The molecule has 1 saturated carbocycles. The van der Waals surface area contributed by atoms with Crippen molar-refractivity contribution in [2.24, 2.45) is 0 Å². The standard InChI is InChI=1S/C21H32N6O/c1-3-25-13-15-26(16-14-25)20(17-9-11-19(12-10-17)28-4-2)21-22-23-24-27(21)18-7-5-6-8-18/h9-12,18,20H,3-8,13-16H2,1-2H3. The van der Waals surface area contributed by atoms with E-state index in [-0.39, 0.29) is 6.04 Å². The maximum atomic E-state index is 5.64. The zero-order valence-electron chi connectivity index (χ0n) is 17.1. The molecule has 1 aromatic carbocycles. The number of rotatable bonds is 7. The molecule has 0 spiro atoms. The Bertz CT molecular complexity index is 732. The SMILES string of the molecule is CCOc1ccc(C(c2nnnn2C2CCCC2)N2CCN(CC)CC2)cc1. The van der Waals surface area contributed by atoms with Crippen LogP contribution in [0.5, 0.6) is 5.75 Å². The minimum absolute atomic E-state index is 0.0882. The normalized spacial score (nSPS) is 20.5. The van der Waals surface area contributed by atoms with E-state index in [1.54, 1.807) is 0 Å². The van der Waals surface area contributed by atoms with E-state index in [0.717, 1.165) is 44.3 Å². The number of nitrogens with zero attached hydrogens (tertiary/aromatic N) is 6. The molecule has 7 nitrogen and oxygen atoms in total. The molecule has 1 aromatic heterocycles. The summed E-state index contributed by atoms with van der Waals surface area (Å²) < 4.78 is 7.76. The molecular formula is C21H32N6O. The molecule has 2 fully saturated rings. The van der Waals surface area contributed by atoms with Crippen LogP contribution >= 0.6 is 0 Å². The Balaban J connectivity index is 1.65. The van der Waals surface area contributed by atoms with Crippen LogP contribution < -0.4 is 4.74 Å². The molecular weight excluding hydrogens is 352 g/mol. The maximum absolute atomic E-state index is 5.64. The van der Waals surface area contributed by atoms with Gasteiger partial charge in [0.15, 0.2) is 5.82 Å². The molecule has 0 radical (unpaired) electrons. The second-order valence-electron chi connectivity index (χ2n) is 7.79. The minimum Gasteiger partial charge on any atom is -0.494 e. The van der Waals surface area contributed by atoms with E-state index in [2.05, 4.69) is 61.2 Å². The van der Waals surface area contributed by atoms with Crippen LogP contribution in [0.3, 0.4) is 0 Å². The number of hydrogen-bond acceptors (Lipinski definition) is 6. The van der Waals surface area contributed by atoms with Crippen LogP contribution in [-0.4, -0.2) is 69.3 Å². The van der Waals surface area contributed by atoms with E-state index in [9.17, 15) is 0 Å². The lowest BCUT2D eigenvalue weighted by atomic mass is 10.0. The van der Waals surface area contributed by atoms with Crippen molar-refractivity contribution in [3.05, 3.63) is 35.7 Å². The van der Waals surface area contributed by atoms with Gasteiger partial charge in [-0.3, -0.25) is 4.90 Å². The lowest BCUT2D eigenvalue weighted by molar-refractivity contribution is 0.107. The van der Waals surface area contributed by atoms with Gasteiger partial charge in [-0.25, -0.2) is 4.68 Å². The molecule has 1 aliphatic carbocycles. The number of piperazine rings is 1. The van der Waals surface area contributed by atoms with Crippen molar-refractivity contribution in [3.8, 4) is 5.75 Å². The van der Waals surface area contributed by atoms with Crippen LogP contribution in [0.4, 0.5) is 0 Å². The Labute approximate surface area is 167 Å². The van der Waals surface area contributed by atoms with Gasteiger partial charge in [0.25, 0.3) is 0 Å². The molecule has 28 heavy (non-hydrogen) atoms. The highest BCUT2D eigenvalue weighted by molar-refractivity contribution is 5.32. The quantitative estimate of drug-likeness (QED) is 0.732. The highest BCUT2D eigenvalue weighted by Gasteiger charge is 2.32. The highest BCUT2D eigenvalue weighted by Crippen LogP contribution is 2.34. The molecule has 1 saturated heterocycles. The monoisotopic (exact) mass is 384 g/mol. The molecule has 1 atom stereocenters. The van der Waals surface area contributed by atoms with Crippen molar-refractivity contribution in [3.63, 3.8) is 0 Å². The summed E-state index contributed by atoms with van der Waals surface area (Å²) in [7, 11) is 0. The zero-order valence-corrected chi connectivity index (χ0v) is 17.1. The third kappa shape index (κ3) is 4.05. The van der Waals surface area contributed by atoms with Gasteiger partial charge in [-0.1, -0.05) is 31.9 Å². The van der Waals surface area contributed by atoms with Gasteiger partial charge in [0.1, 0.15) is 5.75 Å². The molecule has 7 heteroatoms. The third-order valence-electron chi connectivity index (χ3n) is 6.16. The van der Waals surface area contributed by atoms with Crippen LogP contribution in [0.15, 0.2) is 24.3 Å². The van der Waals surface area contributed by atoms with Crippen LogP contribution in [0.25, 0.3) is 0 Å². The molecule has 2 heterocycles. The van der Waals surface area contributed by atoms with Crippen molar-refractivity contribution in [1.29, 1.82) is 0 Å². The lowest BCUT2D eigenvalue weighted by Crippen LogP contribution is -2.48. The maximum Gasteiger partial charge on any atom is 0.173 e. The van der Waals surface area contributed by atoms with E-state index in [1.165, 1.54) is 31.2 Å². The summed E-state index contributed by atoms with van der Waals surface area (Å²) in [6.07, 6.45) is 4.90. The van der Waals surface area contributed by atoms with Gasteiger partial charge < -0.3 is 9.64 Å².